The molecule has 0 aliphatic carbocycles. The molecule has 0 saturated heterocycles. The lowest BCUT2D eigenvalue weighted by molar-refractivity contribution is 0.411. The maximum atomic E-state index is 5.26. The van der Waals surface area contributed by atoms with Gasteiger partial charge in [0.25, 0.3) is 0 Å². The molecule has 84 valence electrons. The molecular weight excluding hydrogens is 284 g/mol. The van der Waals surface area contributed by atoms with Crippen LogP contribution in [-0.2, 0) is 0 Å². The number of aryl methyl sites for hydroxylation is 1. The van der Waals surface area contributed by atoms with E-state index in [0.717, 1.165) is 5.75 Å². The number of hydrogen-bond acceptors (Lipinski definition) is 2. The fourth-order valence-electron chi connectivity index (χ4n) is 1.66. The van der Waals surface area contributed by atoms with Crippen molar-refractivity contribution in [2.45, 2.75) is 11.8 Å². The van der Waals surface area contributed by atoms with E-state index in [1.165, 1.54) is 16.0 Å². The predicted molar refractivity (Wildman–Crippen MR) is 72.8 cm³/mol. The van der Waals surface area contributed by atoms with Crippen molar-refractivity contribution in [1.29, 1.82) is 0 Å². The monoisotopic (exact) mass is 296 g/mol. The first kappa shape index (κ1) is 11.7. The topological polar surface area (TPSA) is 9.23 Å². The Bertz CT molecular complexity index is 465. The first-order valence-corrected chi connectivity index (χ1v) is 6.84. The van der Waals surface area contributed by atoms with E-state index in [1.54, 1.807) is 18.4 Å². The van der Waals surface area contributed by atoms with Crippen LogP contribution in [0.25, 0.3) is 0 Å². The molecule has 0 saturated carbocycles. The number of hydrogen-bond donors (Lipinski definition) is 0. The van der Waals surface area contributed by atoms with E-state index < -0.39 is 0 Å². The molecule has 0 spiro atoms. The zero-order valence-corrected chi connectivity index (χ0v) is 11.6. The van der Waals surface area contributed by atoms with Crippen molar-refractivity contribution in [3.8, 4) is 5.75 Å². The van der Waals surface area contributed by atoms with Crippen LogP contribution >= 0.6 is 27.3 Å². The summed E-state index contributed by atoms with van der Waals surface area (Å²) in [7, 11) is 1.70. The molecule has 2 rings (SSSR count). The molecule has 2 aromatic rings. The average Bonchev–Trinajstić information content (AvgIpc) is 2.81. The van der Waals surface area contributed by atoms with Gasteiger partial charge < -0.3 is 4.74 Å². The summed E-state index contributed by atoms with van der Waals surface area (Å²) in [6.07, 6.45) is 0. The van der Waals surface area contributed by atoms with Gasteiger partial charge in [0, 0.05) is 4.88 Å². The minimum absolute atomic E-state index is 0.275. The number of alkyl halides is 1. The Balaban J connectivity index is 2.31. The lowest BCUT2D eigenvalue weighted by Gasteiger charge is -2.11. The van der Waals surface area contributed by atoms with Crippen LogP contribution in [0.3, 0.4) is 0 Å². The second-order valence-corrected chi connectivity index (χ2v) is 5.50. The smallest absolute Gasteiger partial charge is 0.121 e. The fraction of sp³-hybridized carbons (Fsp3) is 0.231. The van der Waals surface area contributed by atoms with Crippen LogP contribution < -0.4 is 4.74 Å². The quantitative estimate of drug-likeness (QED) is 0.755. The summed E-state index contributed by atoms with van der Waals surface area (Å²) in [5, 5.41) is 2.10. The number of ether oxygens (including phenoxy) is 1. The van der Waals surface area contributed by atoms with Crippen LogP contribution in [-0.4, -0.2) is 7.11 Å². The van der Waals surface area contributed by atoms with Crippen molar-refractivity contribution < 1.29 is 4.74 Å². The highest BCUT2D eigenvalue weighted by molar-refractivity contribution is 9.09. The Hall–Kier alpha value is -0.800. The highest BCUT2D eigenvalue weighted by Crippen LogP contribution is 2.35. The summed E-state index contributed by atoms with van der Waals surface area (Å²) in [6.45, 7) is 2.07. The molecule has 0 fully saturated rings. The third-order valence-electron chi connectivity index (χ3n) is 2.50. The van der Waals surface area contributed by atoms with Crippen molar-refractivity contribution in [3.63, 3.8) is 0 Å². The van der Waals surface area contributed by atoms with Gasteiger partial charge in [0.15, 0.2) is 0 Å². The van der Waals surface area contributed by atoms with E-state index in [1.807, 2.05) is 6.07 Å². The van der Waals surface area contributed by atoms with Gasteiger partial charge in [-0.2, -0.15) is 0 Å². The Morgan fingerprint density at radius 2 is 2.12 bits per heavy atom. The van der Waals surface area contributed by atoms with Crippen LogP contribution in [0.15, 0.2) is 35.7 Å². The van der Waals surface area contributed by atoms with E-state index in [0.29, 0.717) is 0 Å². The molecular formula is C13H13BrOS. The Morgan fingerprint density at radius 1 is 1.31 bits per heavy atom. The summed E-state index contributed by atoms with van der Waals surface area (Å²) in [5.41, 5.74) is 2.43. The second-order valence-electron chi connectivity index (χ2n) is 3.61. The standard InChI is InChI=1S/C13H13BrOS/c1-9-8-10(5-6-11(9)15-2)13(14)12-4-3-7-16-12/h3-8,13H,1-2H3. The molecule has 1 atom stereocenters. The first-order chi connectivity index (χ1) is 7.72. The molecule has 0 aliphatic rings. The molecule has 1 nitrogen and oxygen atoms in total. The molecule has 1 heterocycles. The van der Waals surface area contributed by atoms with E-state index >= 15 is 0 Å². The van der Waals surface area contributed by atoms with Gasteiger partial charge in [0.1, 0.15) is 5.75 Å². The zero-order valence-electron chi connectivity index (χ0n) is 9.24. The Morgan fingerprint density at radius 3 is 2.69 bits per heavy atom. The molecule has 1 aromatic heterocycles. The number of rotatable bonds is 3. The van der Waals surface area contributed by atoms with Gasteiger partial charge in [-0.3, -0.25) is 0 Å². The highest BCUT2D eigenvalue weighted by Gasteiger charge is 2.12. The Kier molecular flexibility index (Phi) is 3.66. The molecule has 3 heteroatoms. The SMILES string of the molecule is COc1ccc(C(Br)c2cccs2)cc1C. The fourth-order valence-corrected chi connectivity index (χ4v) is 3.15. The van der Waals surface area contributed by atoms with Gasteiger partial charge in [-0.25, -0.2) is 0 Å². The van der Waals surface area contributed by atoms with Crippen molar-refractivity contribution in [2.75, 3.05) is 7.11 Å². The molecule has 0 N–H and O–H groups in total. The largest absolute Gasteiger partial charge is 0.496 e. The van der Waals surface area contributed by atoms with Crippen molar-refractivity contribution >= 4 is 27.3 Å². The maximum absolute atomic E-state index is 5.26. The molecule has 0 amide bonds. The van der Waals surface area contributed by atoms with Crippen LogP contribution in [0.5, 0.6) is 5.75 Å². The van der Waals surface area contributed by atoms with Crippen LogP contribution in [0.4, 0.5) is 0 Å². The molecule has 1 unspecified atom stereocenters. The molecule has 0 aliphatic heterocycles. The number of halogens is 1. The van der Waals surface area contributed by atoms with Gasteiger partial charge in [-0.15, -0.1) is 11.3 Å². The summed E-state index contributed by atoms with van der Waals surface area (Å²) in [6, 6.07) is 10.5. The van der Waals surface area contributed by atoms with Crippen molar-refractivity contribution in [1.82, 2.24) is 0 Å². The van der Waals surface area contributed by atoms with Gasteiger partial charge in [-0.05, 0) is 35.6 Å². The number of methoxy groups -OCH3 is 1. The van der Waals surface area contributed by atoms with E-state index in [2.05, 4.69) is 52.5 Å². The minimum Gasteiger partial charge on any atom is -0.496 e. The minimum atomic E-state index is 0.275. The molecule has 0 bridgehead atoms. The van der Waals surface area contributed by atoms with Gasteiger partial charge >= 0.3 is 0 Å². The van der Waals surface area contributed by atoms with E-state index in [4.69, 9.17) is 4.74 Å². The van der Waals surface area contributed by atoms with Gasteiger partial charge in [0.2, 0.25) is 0 Å². The first-order valence-electron chi connectivity index (χ1n) is 5.04. The molecule has 0 radical (unpaired) electrons. The molecule has 1 aromatic carbocycles. The maximum Gasteiger partial charge on any atom is 0.121 e. The predicted octanol–water partition coefficient (Wildman–Crippen LogP) is 4.55. The lowest BCUT2D eigenvalue weighted by Crippen LogP contribution is -1.93. The van der Waals surface area contributed by atoms with Crippen molar-refractivity contribution in [3.05, 3.63) is 51.7 Å². The third kappa shape index (κ3) is 2.30. The summed E-state index contributed by atoms with van der Waals surface area (Å²) < 4.78 is 5.26. The zero-order chi connectivity index (χ0) is 11.5. The summed E-state index contributed by atoms with van der Waals surface area (Å²) in [5.74, 6) is 0.939. The average molecular weight is 297 g/mol. The number of thiophene rings is 1. The number of benzene rings is 1. The van der Waals surface area contributed by atoms with E-state index in [9.17, 15) is 0 Å². The van der Waals surface area contributed by atoms with Crippen molar-refractivity contribution in [2.24, 2.45) is 0 Å². The van der Waals surface area contributed by atoms with Crippen LogP contribution in [0.2, 0.25) is 0 Å². The normalized spacial score (nSPS) is 12.4. The second kappa shape index (κ2) is 5.02. The lowest BCUT2D eigenvalue weighted by atomic mass is 10.1. The van der Waals surface area contributed by atoms with Crippen LogP contribution in [0.1, 0.15) is 20.8 Å². The molecule has 16 heavy (non-hydrogen) atoms. The highest BCUT2D eigenvalue weighted by atomic mass is 79.9. The van der Waals surface area contributed by atoms with Gasteiger partial charge in [0.05, 0.1) is 11.9 Å². The Labute approximate surface area is 108 Å². The van der Waals surface area contributed by atoms with Gasteiger partial charge in [-0.1, -0.05) is 34.1 Å². The van der Waals surface area contributed by atoms with Crippen LogP contribution in [0, 0.1) is 6.92 Å². The summed E-state index contributed by atoms with van der Waals surface area (Å²) >= 11 is 5.49. The van der Waals surface area contributed by atoms with E-state index in [-0.39, 0.29) is 4.83 Å². The summed E-state index contributed by atoms with van der Waals surface area (Å²) in [4.78, 5) is 1.60. The third-order valence-corrected chi connectivity index (χ3v) is 4.77.